The molecule has 0 spiro atoms. The number of aromatic carboxylic acids is 1. The zero-order valence-electron chi connectivity index (χ0n) is 11.1. The standard InChI is InChI=1S/C15H14FNO3/c1-9(2)20-12-5-11(7-17-8-12)13-6-10(15(18)19)3-4-14(13)16/h3-9H,1-2H3,(H,18,19). The molecular formula is C15H14FNO3. The lowest BCUT2D eigenvalue weighted by atomic mass is 10.0. The van der Waals surface area contributed by atoms with Crippen LogP contribution in [0.1, 0.15) is 24.2 Å². The van der Waals surface area contributed by atoms with Crippen molar-refractivity contribution in [3.8, 4) is 16.9 Å². The van der Waals surface area contributed by atoms with Gasteiger partial charge in [0.2, 0.25) is 0 Å². The second-order valence-corrected chi connectivity index (χ2v) is 4.58. The van der Waals surface area contributed by atoms with E-state index in [9.17, 15) is 9.18 Å². The van der Waals surface area contributed by atoms with Crippen LogP contribution in [0.2, 0.25) is 0 Å². The van der Waals surface area contributed by atoms with Gasteiger partial charge < -0.3 is 9.84 Å². The fraction of sp³-hybridized carbons (Fsp3) is 0.200. The molecule has 0 atom stereocenters. The number of carboxylic acids is 1. The normalized spacial score (nSPS) is 10.6. The highest BCUT2D eigenvalue weighted by atomic mass is 19.1. The van der Waals surface area contributed by atoms with Crippen molar-refractivity contribution < 1.29 is 19.0 Å². The Bertz CT molecular complexity index is 641. The van der Waals surface area contributed by atoms with E-state index < -0.39 is 11.8 Å². The number of halogens is 1. The molecule has 2 aromatic rings. The lowest BCUT2D eigenvalue weighted by Gasteiger charge is -2.11. The van der Waals surface area contributed by atoms with Crippen molar-refractivity contribution in [3.63, 3.8) is 0 Å². The molecule has 0 radical (unpaired) electrons. The van der Waals surface area contributed by atoms with E-state index >= 15 is 0 Å². The summed E-state index contributed by atoms with van der Waals surface area (Å²) < 4.78 is 19.3. The number of hydrogen-bond acceptors (Lipinski definition) is 3. The highest BCUT2D eigenvalue weighted by Crippen LogP contribution is 2.26. The Morgan fingerprint density at radius 1 is 1.30 bits per heavy atom. The molecule has 0 fully saturated rings. The van der Waals surface area contributed by atoms with E-state index in [4.69, 9.17) is 9.84 Å². The number of hydrogen-bond donors (Lipinski definition) is 1. The van der Waals surface area contributed by atoms with Crippen LogP contribution in [0.4, 0.5) is 4.39 Å². The first-order valence-electron chi connectivity index (χ1n) is 6.12. The van der Waals surface area contributed by atoms with Gasteiger partial charge >= 0.3 is 5.97 Å². The smallest absolute Gasteiger partial charge is 0.335 e. The number of rotatable bonds is 4. The summed E-state index contributed by atoms with van der Waals surface area (Å²) in [5.41, 5.74) is 0.687. The van der Waals surface area contributed by atoms with E-state index in [1.165, 1.54) is 24.5 Å². The average molecular weight is 275 g/mol. The van der Waals surface area contributed by atoms with Gasteiger partial charge in [0.15, 0.2) is 0 Å². The summed E-state index contributed by atoms with van der Waals surface area (Å²) in [6, 6.07) is 5.28. The van der Waals surface area contributed by atoms with Crippen LogP contribution in [0.3, 0.4) is 0 Å². The maximum atomic E-state index is 13.9. The fourth-order valence-corrected chi connectivity index (χ4v) is 1.78. The first-order chi connectivity index (χ1) is 9.47. The van der Waals surface area contributed by atoms with Crippen molar-refractivity contribution in [2.75, 3.05) is 0 Å². The van der Waals surface area contributed by atoms with Crippen LogP contribution in [0.15, 0.2) is 36.7 Å². The molecule has 0 aliphatic carbocycles. The fourth-order valence-electron chi connectivity index (χ4n) is 1.78. The Labute approximate surface area is 115 Å². The van der Waals surface area contributed by atoms with Crippen molar-refractivity contribution in [2.45, 2.75) is 20.0 Å². The third-order valence-electron chi connectivity index (χ3n) is 2.61. The highest BCUT2D eigenvalue weighted by Gasteiger charge is 2.11. The predicted octanol–water partition coefficient (Wildman–Crippen LogP) is 3.37. The van der Waals surface area contributed by atoms with Crippen LogP contribution in [-0.4, -0.2) is 22.2 Å². The van der Waals surface area contributed by atoms with Crippen molar-refractivity contribution in [3.05, 3.63) is 48.0 Å². The molecule has 0 aliphatic rings. The van der Waals surface area contributed by atoms with Crippen LogP contribution in [-0.2, 0) is 0 Å². The minimum absolute atomic E-state index is 0.0246. The van der Waals surface area contributed by atoms with Crippen molar-refractivity contribution in [1.82, 2.24) is 4.98 Å². The molecule has 0 bridgehead atoms. The molecule has 0 aliphatic heterocycles. The minimum Gasteiger partial charge on any atom is -0.489 e. The van der Waals surface area contributed by atoms with E-state index in [1.807, 2.05) is 13.8 Å². The molecule has 0 saturated heterocycles. The number of pyridine rings is 1. The maximum Gasteiger partial charge on any atom is 0.335 e. The van der Waals surface area contributed by atoms with E-state index in [-0.39, 0.29) is 17.2 Å². The number of carbonyl (C=O) groups is 1. The second kappa shape index (κ2) is 5.69. The Kier molecular flexibility index (Phi) is 3.98. The third kappa shape index (κ3) is 3.12. The molecule has 1 aromatic heterocycles. The molecule has 5 heteroatoms. The van der Waals surface area contributed by atoms with Gasteiger partial charge in [-0.25, -0.2) is 9.18 Å². The van der Waals surface area contributed by atoms with Crippen LogP contribution in [0.5, 0.6) is 5.75 Å². The average Bonchev–Trinajstić information content (AvgIpc) is 2.38. The maximum absolute atomic E-state index is 13.9. The Balaban J connectivity index is 2.45. The van der Waals surface area contributed by atoms with E-state index in [0.29, 0.717) is 11.3 Å². The van der Waals surface area contributed by atoms with Gasteiger partial charge in [0.25, 0.3) is 0 Å². The number of carboxylic acid groups (broad SMARTS) is 1. The number of ether oxygens (including phenoxy) is 1. The summed E-state index contributed by atoms with van der Waals surface area (Å²) in [4.78, 5) is 14.9. The zero-order chi connectivity index (χ0) is 14.7. The number of aromatic nitrogens is 1. The van der Waals surface area contributed by atoms with Crippen LogP contribution < -0.4 is 4.74 Å². The molecule has 1 heterocycles. The topological polar surface area (TPSA) is 59.4 Å². The van der Waals surface area contributed by atoms with Crippen molar-refractivity contribution in [1.29, 1.82) is 0 Å². The third-order valence-corrected chi connectivity index (χ3v) is 2.61. The second-order valence-electron chi connectivity index (χ2n) is 4.58. The molecule has 104 valence electrons. The quantitative estimate of drug-likeness (QED) is 0.929. The summed E-state index contributed by atoms with van der Waals surface area (Å²) in [5, 5.41) is 8.96. The molecule has 0 unspecified atom stereocenters. The Hall–Kier alpha value is -2.43. The van der Waals surface area contributed by atoms with Gasteiger partial charge in [-0.3, -0.25) is 4.98 Å². The van der Waals surface area contributed by atoms with Crippen LogP contribution in [0, 0.1) is 5.82 Å². The lowest BCUT2D eigenvalue weighted by molar-refractivity contribution is 0.0697. The summed E-state index contributed by atoms with van der Waals surface area (Å²) >= 11 is 0. The van der Waals surface area contributed by atoms with Gasteiger partial charge in [0, 0.05) is 17.3 Å². The number of nitrogens with zero attached hydrogens (tertiary/aromatic N) is 1. The van der Waals surface area contributed by atoms with E-state index in [2.05, 4.69) is 4.98 Å². The predicted molar refractivity (Wildman–Crippen MR) is 72.4 cm³/mol. The van der Waals surface area contributed by atoms with Gasteiger partial charge in [0.1, 0.15) is 11.6 Å². The number of benzene rings is 1. The molecule has 4 nitrogen and oxygen atoms in total. The molecule has 0 saturated carbocycles. The molecule has 1 aromatic carbocycles. The SMILES string of the molecule is CC(C)Oc1cncc(-c2cc(C(=O)O)ccc2F)c1. The monoisotopic (exact) mass is 275 g/mol. The van der Waals surface area contributed by atoms with E-state index in [1.54, 1.807) is 6.07 Å². The van der Waals surface area contributed by atoms with Crippen LogP contribution >= 0.6 is 0 Å². The first kappa shape index (κ1) is 14.0. The summed E-state index contributed by atoms with van der Waals surface area (Å²) in [5.74, 6) is -1.09. The molecule has 1 N–H and O–H groups in total. The minimum atomic E-state index is -1.10. The van der Waals surface area contributed by atoms with Crippen molar-refractivity contribution >= 4 is 5.97 Å². The molecule has 2 rings (SSSR count). The highest BCUT2D eigenvalue weighted by molar-refractivity contribution is 5.89. The van der Waals surface area contributed by atoms with E-state index in [0.717, 1.165) is 6.07 Å². The van der Waals surface area contributed by atoms with Gasteiger partial charge in [-0.15, -0.1) is 0 Å². The summed E-state index contributed by atoms with van der Waals surface area (Å²) in [6.07, 6.45) is 2.97. The molecule has 0 amide bonds. The lowest BCUT2D eigenvalue weighted by Crippen LogP contribution is -2.05. The summed E-state index contributed by atoms with van der Waals surface area (Å²) in [7, 11) is 0. The Morgan fingerprint density at radius 2 is 2.05 bits per heavy atom. The first-order valence-corrected chi connectivity index (χ1v) is 6.12. The van der Waals surface area contributed by atoms with Gasteiger partial charge in [-0.1, -0.05) is 0 Å². The molecule has 20 heavy (non-hydrogen) atoms. The van der Waals surface area contributed by atoms with Gasteiger partial charge in [0.05, 0.1) is 17.9 Å². The largest absolute Gasteiger partial charge is 0.489 e. The Morgan fingerprint density at radius 3 is 2.70 bits per heavy atom. The molecular weight excluding hydrogens is 261 g/mol. The summed E-state index contributed by atoms with van der Waals surface area (Å²) in [6.45, 7) is 3.75. The van der Waals surface area contributed by atoms with Gasteiger partial charge in [-0.2, -0.15) is 0 Å². The zero-order valence-corrected chi connectivity index (χ0v) is 11.1. The van der Waals surface area contributed by atoms with Crippen molar-refractivity contribution in [2.24, 2.45) is 0 Å². The van der Waals surface area contributed by atoms with Crippen LogP contribution in [0.25, 0.3) is 11.1 Å². The van der Waals surface area contributed by atoms with Gasteiger partial charge in [-0.05, 0) is 38.1 Å².